The quantitative estimate of drug-likeness (QED) is 0.504. The van der Waals surface area contributed by atoms with E-state index in [9.17, 15) is 0 Å². The van der Waals surface area contributed by atoms with Gasteiger partial charge in [0.2, 0.25) is 0 Å². The van der Waals surface area contributed by atoms with Crippen molar-refractivity contribution in [3.8, 4) is 0 Å². The third kappa shape index (κ3) is 1.49. The Morgan fingerprint density at radius 3 is 2.30 bits per heavy atom. The summed E-state index contributed by atoms with van der Waals surface area (Å²) >= 11 is 0. The third-order valence-corrected chi connectivity index (χ3v) is 1.79. The lowest BCUT2D eigenvalue weighted by atomic mass is 9.88. The average molecular weight is 141 g/mol. The predicted octanol–water partition coefficient (Wildman–Crippen LogP) is 1.85. The molecule has 0 aromatic carbocycles. The van der Waals surface area contributed by atoms with Crippen LogP contribution in [0.2, 0.25) is 0 Å². The van der Waals surface area contributed by atoms with Crippen molar-refractivity contribution in [3.63, 3.8) is 0 Å². The van der Waals surface area contributed by atoms with E-state index in [2.05, 4.69) is 25.8 Å². The maximum absolute atomic E-state index is 5.24. The van der Waals surface area contributed by atoms with Gasteiger partial charge in [-0.05, 0) is 5.41 Å². The van der Waals surface area contributed by atoms with Crippen molar-refractivity contribution >= 4 is 5.90 Å². The van der Waals surface area contributed by atoms with Gasteiger partial charge in [0.15, 0.2) is 5.90 Å². The van der Waals surface area contributed by atoms with Gasteiger partial charge in [0, 0.05) is 6.92 Å². The lowest BCUT2D eigenvalue weighted by molar-refractivity contribution is 0.235. The topological polar surface area (TPSA) is 21.6 Å². The average Bonchev–Trinajstić information content (AvgIpc) is 2.11. The van der Waals surface area contributed by atoms with E-state index in [4.69, 9.17) is 4.74 Å². The van der Waals surface area contributed by atoms with Crippen LogP contribution in [0.5, 0.6) is 0 Å². The zero-order chi connectivity index (χ0) is 7.78. The van der Waals surface area contributed by atoms with Gasteiger partial charge in [0.25, 0.3) is 0 Å². The minimum atomic E-state index is 0.248. The summed E-state index contributed by atoms with van der Waals surface area (Å²) in [7, 11) is 0. The molecule has 0 aliphatic carbocycles. The molecule has 0 saturated carbocycles. The second-order valence-corrected chi connectivity index (χ2v) is 3.84. The van der Waals surface area contributed by atoms with Crippen molar-refractivity contribution in [2.75, 3.05) is 6.61 Å². The van der Waals surface area contributed by atoms with Crippen LogP contribution in [0.4, 0.5) is 0 Å². The summed E-state index contributed by atoms with van der Waals surface area (Å²) < 4.78 is 5.24. The Hall–Kier alpha value is -0.530. The van der Waals surface area contributed by atoms with E-state index in [1.165, 1.54) is 0 Å². The number of rotatable bonds is 0. The third-order valence-electron chi connectivity index (χ3n) is 1.79. The van der Waals surface area contributed by atoms with E-state index in [-0.39, 0.29) is 5.41 Å². The number of aliphatic imine (C=N–C) groups is 1. The summed E-state index contributed by atoms with van der Waals surface area (Å²) in [6.07, 6.45) is 0. The summed E-state index contributed by atoms with van der Waals surface area (Å²) in [5.41, 5.74) is 0.248. The Labute approximate surface area is 62.3 Å². The zero-order valence-corrected chi connectivity index (χ0v) is 7.14. The van der Waals surface area contributed by atoms with Gasteiger partial charge in [-0.1, -0.05) is 20.8 Å². The van der Waals surface area contributed by atoms with Gasteiger partial charge in [0.05, 0.1) is 6.04 Å². The van der Waals surface area contributed by atoms with Crippen molar-refractivity contribution in [1.82, 2.24) is 0 Å². The van der Waals surface area contributed by atoms with Gasteiger partial charge in [-0.3, -0.25) is 0 Å². The first-order chi connectivity index (χ1) is 4.50. The molecule has 1 aliphatic heterocycles. The molecule has 0 unspecified atom stereocenters. The van der Waals surface area contributed by atoms with Gasteiger partial charge in [0.1, 0.15) is 6.61 Å². The van der Waals surface area contributed by atoms with Crippen LogP contribution in [0, 0.1) is 5.41 Å². The molecule has 0 aromatic heterocycles. The molecular formula is C8H15NO. The molecule has 1 aliphatic rings. The van der Waals surface area contributed by atoms with E-state index in [1.54, 1.807) is 0 Å². The molecule has 10 heavy (non-hydrogen) atoms. The molecule has 0 bridgehead atoms. The summed E-state index contributed by atoms with van der Waals surface area (Å²) in [6, 6.07) is 0.354. The Kier molecular flexibility index (Phi) is 1.71. The highest BCUT2D eigenvalue weighted by Crippen LogP contribution is 2.25. The highest BCUT2D eigenvalue weighted by Gasteiger charge is 2.28. The molecule has 0 radical (unpaired) electrons. The Balaban J connectivity index is 2.61. The van der Waals surface area contributed by atoms with Crippen LogP contribution in [0.15, 0.2) is 4.99 Å². The van der Waals surface area contributed by atoms with E-state index in [0.717, 1.165) is 12.5 Å². The fourth-order valence-corrected chi connectivity index (χ4v) is 0.937. The first-order valence-corrected chi connectivity index (χ1v) is 3.67. The van der Waals surface area contributed by atoms with Crippen LogP contribution >= 0.6 is 0 Å². The van der Waals surface area contributed by atoms with Crippen molar-refractivity contribution in [3.05, 3.63) is 0 Å². The Morgan fingerprint density at radius 1 is 1.50 bits per heavy atom. The second kappa shape index (κ2) is 2.26. The molecule has 1 heterocycles. The standard InChI is InChI=1S/C8H15NO/c1-6-9-7(5-10-6)8(2,3)4/h7H,5H2,1-4H3/t7-/m1/s1. The Morgan fingerprint density at radius 2 is 2.10 bits per heavy atom. The Bertz CT molecular complexity index is 155. The normalized spacial score (nSPS) is 26.0. The number of hydrogen-bond acceptors (Lipinski definition) is 2. The largest absolute Gasteiger partial charge is 0.479 e. The first-order valence-electron chi connectivity index (χ1n) is 3.67. The number of nitrogens with zero attached hydrogens (tertiary/aromatic N) is 1. The molecule has 0 spiro atoms. The van der Waals surface area contributed by atoms with Crippen molar-refractivity contribution < 1.29 is 4.74 Å². The SMILES string of the molecule is CC1=N[C@@H](C(C)(C)C)CO1. The summed E-state index contributed by atoms with van der Waals surface area (Å²) in [5, 5.41) is 0. The first kappa shape index (κ1) is 7.58. The fraction of sp³-hybridized carbons (Fsp3) is 0.875. The highest BCUT2D eigenvalue weighted by atomic mass is 16.5. The van der Waals surface area contributed by atoms with Gasteiger partial charge in [-0.15, -0.1) is 0 Å². The maximum Gasteiger partial charge on any atom is 0.180 e. The number of ether oxygens (including phenoxy) is 1. The van der Waals surface area contributed by atoms with E-state index >= 15 is 0 Å². The van der Waals surface area contributed by atoms with Crippen LogP contribution in [0.25, 0.3) is 0 Å². The lowest BCUT2D eigenvalue weighted by Crippen LogP contribution is -2.25. The molecule has 1 atom stereocenters. The molecule has 0 aromatic rings. The smallest absolute Gasteiger partial charge is 0.180 e. The van der Waals surface area contributed by atoms with Crippen LogP contribution in [-0.2, 0) is 4.74 Å². The van der Waals surface area contributed by atoms with E-state index in [1.807, 2.05) is 6.92 Å². The molecule has 58 valence electrons. The molecule has 0 N–H and O–H groups in total. The molecular weight excluding hydrogens is 126 g/mol. The highest BCUT2D eigenvalue weighted by molar-refractivity contribution is 5.74. The molecule has 2 heteroatoms. The molecule has 0 amide bonds. The van der Waals surface area contributed by atoms with Crippen molar-refractivity contribution in [1.29, 1.82) is 0 Å². The van der Waals surface area contributed by atoms with Gasteiger partial charge >= 0.3 is 0 Å². The summed E-state index contributed by atoms with van der Waals surface area (Å²) in [6.45, 7) is 9.22. The van der Waals surface area contributed by atoms with Crippen LogP contribution in [0.1, 0.15) is 27.7 Å². The molecule has 2 nitrogen and oxygen atoms in total. The maximum atomic E-state index is 5.24. The minimum absolute atomic E-state index is 0.248. The van der Waals surface area contributed by atoms with Crippen LogP contribution in [-0.4, -0.2) is 18.5 Å². The fourth-order valence-electron chi connectivity index (χ4n) is 0.937. The summed E-state index contributed by atoms with van der Waals surface area (Å²) in [5.74, 6) is 0.833. The van der Waals surface area contributed by atoms with E-state index < -0.39 is 0 Å². The number of hydrogen-bond donors (Lipinski definition) is 0. The van der Waals surface area contributed by atoms with Gasteiger partial charge < -0.3 is 4.74 Å². The van der Waals surface area contributed by atoms with Gasteiger partial charge in [-0.2, -0.15) is 0 Å². The molecule has 1 rings (SSSR count). The zero-order valence-electron chi connectivity index (χ0n) is 7.14. The van der Waals surface area contributed by atoms with Gasteiger partial charge in [-0.25, -0.2) is 4.99 Å². The monoisotopic (exact) mass is 141 g/mol. The van der Waals surface area contributed by atoms with Crippen LogP contribution in [0.3, 0.4) is 0 Å². The minimum Gasteiger partial charge on any atom is -0.479 e. The molecule has 0 saturated heterocycles. The predicted molar refractivity (Wildman–Crippen MR) is 42.3 cm³/mol. The lowest BCUT2D eigenvalue weighted by Gasteiger charge is -2.21. The van der Waals surface area contributed by atoms with Crippen molar-refractivity contribution in [2.24, 2.45) is 10.4 Å². The van der Waals surface area contributed by atoms with Crippen LogP contribution < -0.4 is 0 Å². The van der Waals surface area contributed by atoms with Crippen molar-refractivity contribution in [2.45, 2.75) is 33.7 Å². The summed E-state index contributed by atoms with van der Waals surface area (Å²) in [4.78, 5) is 4.35. The van der Waals surface area contributed by atoms with E-state index in [0.29, 0.717) is 6.04 Å². The second-order valence-electron chi connectivity index (χ2n) is 3.84. The molecule has 0 fully saturated rings.